The lowest BCUT2D eigenvalue weighted by atomic mass is 9.79. The fraction of sp³-hybridized carbons (Fsp3) is 0.647. The van der Waals surface area contributed by atoms with E-state index < -0.39 is 0 Å². The Morgan fingerprint density at radius 1 is 1.14 bits per heavy atom. The van der Waals surface area contributed by atoms with E-state index >= 15 is 0 Å². The highest BCUT2D eigenvalue weighted by Crippen LogP contribution is 2.36. The zero-order valence-corrected chi connectivity index (χ0v) is 14.1. The van der Waals surface area contributed by atoms with Crippen LogP contribution < -0.4 is 10.2 Å². The third kappa shape index (κ3) is 3.17. The average molecular weight is 303 g/mol. The van der Waals surface area contributed by atoms with E-state index in [1.807, 2.05) is 24.3 Å². The van der Waals surface area contributed by atoms with Crippen molar-refractivity contribution in [2.24, 2.45) is 0 Å². The second-order valence-electron chi connectivity index (χ2n) is 7.20. The van der Waals surface area contributed by atoms with E-state index in [1.54, 1.807) is 0 Å². The molecule has 0 N–H and O–H groups in total. The first kappa shape index (κ1) is 15.8. The number of ether oxygens (including phenoxy) is 1. The molecule has 0 amide bonds. The van der Waals surface area contributed by atoms with Crippen LogP contribution in [0.15, 0.2) is 24.3 Å². The van der Waals surface area contributed by atoms with Gasteiger partial charge in [-0.15, -0.1) is 0 Å². The van der Waals surface area contributed by atoms with E-state index in [9.17, 15) is 0 Å². The second kappa shape index (κ2) is 5.87. The van der Waals surface area contributed by atoms with Crippen molar-refractivity contribution in [2.45, 2.75) is 45.3 Å². The molecule has 120 valence electrons. The largest absolute Gasteiger partial charge is 0.494 e. The molecule has 5 heteroatoms. The van der Waals surface area contributed by atoms with Crippen molar-refractivity contribution in [3.05, 3.63) is 24.3 Å². The van der Waals surface area contributed by atoms with Crippen LogP contribution in [0.25, 0.3) is 0 Å². The fourth-order valence-corrected chi connectivity index (χ4v) is 2.63. The van der Waals surface area contributed by atoms with E-state index in [-0.39, 0.29) is 18.3 Å². The molecule has 22 heavy (non-hydrogen) atoms. The summed E-state index contributed by atoms with van der Waals surface area (Å²) in [6.07, 6.45) is 1.32. The number of hydrogen-bond acceptors (Lipinski definition) is 4. The molecule has 0 bridgehead atoms. The second-order valence-corrected chi connectivity index (χ2v) is 7.20. The summed E-state index contributed by atoms with van der Waals surface area (Å²) in [7, 11) is -0.330. The van der Waals surface area contributed by atoms with Crippen molar-refractivity contribution in [1.29, 1.82) is 0 Å². The molecule has 2 saturated heterocycles. The molecule has 0 saturated carbocycles. The number of benzene rings is 1. The Kier molecular flexibility index (Phi) is 4.23. The third-order valence-electron chi connectivity index (χ3n) is 5.01. The Hall–Kier alpha value is -1.04. The number of hydrogen-bond donors (Lipinski definition) is 0. The third-order valence-corrected chi connectivity index (χ3v) is 5.01. The van der Waals surface area contributed by atoms with E-state index in [0.29, 0.717) is 0 Å². The lowest BCUT2D eigenvalue weighted by Crippen LogP contribution is -2.41. The molecule has 2 aliphatic heterocycles. The highest BCUT2D eigenvalue weighted by Gasteiger charge is 2.51. The molecule has 4 nitrogen and oxygen atoms in total. The molecular formula is C17H26BNO3. The summed E-state index contributed by atoms with van der Waals surface area (Å²) in [5.74, 6) is 0.882. The maximum atomic E-state index is 6.09. The lowest BCUT2D eigenvalue weighted by molar-refractivity contribution is 0.00578. The summed E-state index contributed by atoms with van der Waals surface area (Å²) in [6, 6.07) is 8.05. The van der Waals surface area contributed by atoms with E-state index in [0.717, 1.165) is 24.4 Å². The Bertz CT molecular complexity index is 512. The molecule has 2 fully saturated rings. The van der Waals surface area contributed by atoms with E-state index in [2.05, 4.69) is 32.6 Å². The predicted octanol–water partition coefficient (Wildman–Crippen LogP) is 2.07. The minimum atomic E-state index is -0.330. The van der Waals surface area contributed by atoms with Gasteiger partial charge in [0.25, 0.3) is 0 Å². The molecule has 2 aliphatic rings. The quantitative estimate of drug-likeness (QED) is 0.779. The number of likely N-dealkylation sites (tertiary alicyclic amines) is 1. The highest BCUT2D eigenvalue weighted by atomic mass is 16.7. The van der Waals surface area contributed by atoms with Gasteiger partial charge in [-0.25, -0.2) is 0 Å². The zero-order valence-electron chi connectivity index (χ0n) is 14.1. The van der Waals surface area contributed by atoms with Gasteiger partial charge in [0.2, 0.25) is 0 Å². The van der Waals surface area contributed by atoms with Gasteiger partial charge < -0.3 is 14.0 Å². The van der Waals surface area contributed by atoms with Crippen molar-refractivity contribution in [2.75, 3.05) is 26.2 Å². The van der Waals surface area contributed by atoms with Crippen molar-refractivity contribution in [3.8, 4) is 5.75 Å². The first-order chi connectivity index (χ1) is 10.4. The molecule has 0 spiro atoms. The summed E-state index contributed by atoms with van der Waals surface area (Å²) >= 11 is 0. The summed E-state index contributed by atoms with van der Waals surface area (Å²) in [5, 5.41) is 0. The van der Waals surface area contributed by atoms with Crippen molar-refractivity contribution in [3.63, 3.8) is 0 Å². The standard InChI is InChI=1S/C17H26BNO3/c1-16(2)17(3,4)22-18(21-16)14-7-5-8-15(13-14)20-12-11-19-9-6-10-19/h5,7-8,13H,6,9-12H2,1-4H3. The zero-order chi connectivity index (χ0) is 15.8. The molecule has 0 aromatic heterocycles. The van der Waals surface area contributed by atoms with Gasteiger partial charge in [0.1, 0.15) is 12.4 Å². The van der Waals surface area contributed by atoms with Gasteiger partial charge in [-0.1, -0.05) is 12.1 Å². The first-order valence-corrected chi connectivity index (χ1v) is 8.18. The van der Waals surface area contributed by atoms with Crippen LogP contribution in [-0.2, 0) is 9.31 Å². The normalized spacial score (nSPS) is 23.4. The highest BCUT2D eigenvalue weighted by molar-refractivity contribution is 6.62. The Morgan fingerprint density at radius 2 is 1.82 bits per heavy atom. The van der Waals surface area contributed by atoms with Crippen LogP contribution in [-0.4, -0.2) is 49.5 Å². The molecule has 0 aliphatic carbocycles. The molecule has 0 radical (unpaired) electrons. The molecule has 0 unspecified atom stereocenters. The summed E-state index contributed by atoms with van der Waals surface area (Å²) in [4.78, 5) is 2.40. The van der Waals surface area contributed by atoms with Crippen LogP contribution >= 0.6 is 0 Å². The molecule has 1 aromatic rings. The van der Waals surface area contributed by atoms with Crippen LogP contribution in [0.1, 0.15) is 34.1 Å². The maximum absolute atomic E-state index is 6.09. The molecule has 2 heterocycles. The van der Waals surface area contributed by atoms with Gasteiger partial charge in [-0.3, -0.25) is 4.90 Å². The predicted molar refractivity (Wildman–Crippen MR) is 88.7 cm³/mol. The van der Waals surface area contributed by atoms with Gasteiger partial charge in [-0.05, 0) is 64.8 Å². The summed E-state index contributed by atoms with van der Waals surface area (Å²) < 4.78 is 18.0. The van der Waals surface area contributed by atoms with E-state index in [1.165, 1.54) is 19.5 Å². The van der Waals surface area contributed by atoms with Gasteiger partial charge in [-0.2, -0.15) is 0 Å². The van der Waals surface area contributed by atoms with Crippen molar-refractivity contribution >= 4 is 12.6 Å². The van der Waals surface area contributed by atoms with Gasteiger partial charge in [0.15, 0.2) is 0 Å². The number of rotatable bonds is 5. The monoisotopic (exact) mass is 303 g/mol. The topological polar surface area (TPSA) is 30.9 Å². The minimum absolute atomic E-state index is 0.313. The summed E-state index contributed by atoms with van der Waals surface area (Å²) in [5.41, 5.74) is 0.387. The van der Waals surface area contributed by atoms with Crippen molar-refractivity contribution in [1.82, 2.24) is 4.90 Å². The van der Waals surface area contributed by atoms with Gasteiger partial charge in [0.05, 0.1) is 11.2 Å². The average Bonchev–Trinajstić information content (AvgIpc) is 2.62. The Morgan fingerprint density at radius 3 is 2.41 bits per heavy atom. The minimum Gasteiger partial charge on any atom is -0.492 e. The molecule has 1 aromatic carbocycles. The lowest BCUT2D eigenvalue weighted by Gasteiger charge is -2.32. The SMILES string of the molecule is CC1(C)OB(c2cccc(OCCN3CCC3)c2)OC1(C)C. The van der Waals surface area contributed by atoms with E-state index in [4.69, 9.17) is 14.0 Å². The summed E-state index contributed by atoms with van der Waals surface area (Å²) in [6.45, 7) is 12.4. The molecular weight excluding hydrogens is 277 g/mol. The van der Waals surface area contributed by atoms with Gasteiger partial charge >= 0.3 is 7.12 Å². The smallest absolute Gasteiger partial charge is 0.492 e. The Balaban J connectivity index is 1.61. The fourth-order valence-electron chi connectivity index (χ4n) is 2.63. The van der Waals surface area contributed by atoms with Crippen LogP contribution in [0.3, 0.4) is 0 Å². The van der Waals surface area contributed by atoms with Crippen LogP contribution in [0.4, 0.5) is 0 Å². The van der Waals surface area contributed by atoms with Crippen molar-refractivity contribution < 1.29 is 14.0 Å². The van der Waals surface area contributed by atoms with Crippen LogP contribution in [0, 0.1) is 0 Å². The first-order valence-electron chi connectivity index (χ1n) is 8.18. The maximum Gasteiger partial charge on any atom is 0.494 e. The van der Waals surface area contributed by atoms with Gasteiger partial charge in [0, 0.05) is 6.54 Å². The number of nitrogens with zero attached hydrogens (tertiary/aromatic N) is 1. The molecule has 3 rings (SSSR count). The van der Waals surface area contributed by atoms with Crippen LogP contribution in [0.5, 0.6) is 5.75 Å². The molecule has 0 atom stereocenters. The Labute approximate surface area is 133 Å². The van der Waals surface area contributed by atoms with Crippen LogP contribution in [0.2, 0.25) is 0 Å².